The van der Waals surface area contributed by atoms with E-state index in [0.29, 0.717) is 0 Å². The van der Waals surface area contributed by atoms with Gasteiger partial charge in [0.25, 0.3) is 0 Å². The van der Waals surface area contributed by atoms with Gasteiger partial charge in [-0.3, -0.25) is 4.90 Å². The Balaban J connectivity index is 2.04. The van der Waals surface area contributed by atoms with Crippen LogP contribution in [0, 0.1) is 6.92 Å². The largest absolute Gasteiger partial charge is 0.374 e. The van der Waals surface area contributed by atoms with Gasteiger partial charge in [-0.15, -0.1) is 0 Å². The van der Waals surface area contributed by atoms with Gasteiger partial charge in [0.15, 0.2) is 0 Å². The topological polar surface area (TPSA) is 38.5 Å². The van der Waals surface area contributed by atoms with Gasteiger partial charge in [0.1, 0.15) is 0 Å². The first-order chi connectivity index (χ1) is 8.72. The van der Waals surface area contributed by atoms with Crippen LogP contribution >= 0.6 is 0 Å². The summed E-state index contributed by atoms with van der Waals surface area (Å²) in [4.78, 5) is 2.45. The minimum atomic E-state index is -0.0224. The summed E-state index contributed by atoms with van der Waals surface area (Å²) in [5, 5.41) is 0. The van der Waals surface area contributed by atoms with Crippen LogP contribution in [0.4, 0.5) is 0 Å². The number of morpholine rings is 1. The fourth-order valence-corrected chi connectivity index (χ4v) is 2.63. The maximum absolute atomic E-state index is 6.38. The van der Waals surface area contributed by atoms with Crippen molar-refractivity contribution in [2.75, 3.05) is 26.2 Å². The molecule has 0 saturated carbocycles. The van der Waals surface area contributed by atoms with E-state index in [-0.39, 0.29) is 12.1 Å². The molecule has 1 aliphatic heterocycles. The van der Waals surface area contributed by atoms with E-state index in [1.165, 1.54) is 17.5 Å². The van der Waals surface area contributed by atoms with Gasteiger partial charge in [-0.1, -0.05) is 31.2 Å². The molecule has 1 fully saturated rings. The first kappa shape index (κ1) is 13.5. The average Bonchev–Trinajstić information content (AvgIpc) is 2.39. The highest BCUT2D eigenvalue weighted by molar-refractivity contribution is 5.29. The molecule has 0 aromatic heterocycles. The van der Waals surface area contributed by atoms with Crippen LogP contribution in [0.25, 0.3) is 0 Å². The smallest absolute Gasteiger partial charge is 0.0894 e. The number of benzene rings is 1. The van der Waals surface area contributed by atoms with Crippen molar-refractivity contribution in [3.05, 3.63) is 35.4 Å². The molecule has 3 nitrogen and oxygen atoms in total. The minimum absolute atomic E-state index is 0.0224. The SMILES string of the molecule is CCCN1CCOC(C(N)c2ccccc2C)C1. The van der Waals surface area contributed by atoms with Crippen LogP contribution in [-0.4, -0.2) is 37.2 Å². The van der Waals surface area contributed by atoms with E-state index in [2.05, 4.69) is 43.0 Å². The molecule has 18 heavy (non-hydrogen) atoms. The Morgan fingerprint density at radius 2 is 2.22 bits per heavy atom. The summed E-state index contributed by atoms with van der Waals surface area (Å²) in [5.74, 6) is 0. The van der Waals surface area contributed by atoms with Gasteiger partial charge in [-0.25, -0.2) is 0 Å². The van der Waals surface area contributed by atoms with Crippen molar-refractivity contribution in [3.63, 3.8) is 0 Å². The van der Waals surface area contributed by atoms with Crippen molar-refractivity contribution in [1.29, 1.82) is 0 Å². The Labute approximate surface area is 110 Å². The molecule has 100 valence electrons. The standard InChI is InChI=1S/C15H24N2O/c1-3-8-17-9-10-18-14(11-17)15(16)13-7-5-4-6-12(13)2/h4-7,14-15H,3,8-11,16H2,1-2H3. The molecule has 3 heteroatoms. The summed E-state index contributed by atoms with van der Waals surface area (Å²) < 4.78 is 5.86. The van der Waals surface area contributed by atoms with Crippen molar-refractivity contribution < 1.29 is 4.74 Å². The number of hydrogen-bond donors (Lipinski definition) is 1. The van der Waals surface area contributed by atoms with Gasteiger partial charge in [0.2, 0.25) is 0 Å². The highest BCUT2D eigenvalue weighted by atomic mass is 16.5. The van der Waals surface area contributed by atoms with E-state index in [1.54, 1.807) is 0 Å². The predicted molar refractivity (Wildman–Crippen MR) is 74.6 cm³/mol. The normalized spacial score (nSPS) is 22.9. The lowest BCUT2D eigenvalue weighted by atomic mass is 9.97. The number of nitrogens with zero attached hydrogens (tertiary/aromatic N) is 1. The zero-order chi connectivity index (χ0) is 13.0. The summed E-state index contributed by atoms with van der Waals surface area (Å²) in [7, 11) is 0. The van der Waals surface area contributed by atoms with Crippen LogP contribution in [0.2, 0.25) is 0 Å². The third-order valence-corrected chi connectivity index (χ3v) is 3.67. The van der Waals surface area contributed by atoms with E-state index in [0.717, 1.165) is 26.2 Å². The van der Waals surface area contributed by atoms with Gasteiger partial charge < -0.3 is 10.5 Å². The minimum Gasteiger partial charge on any atom is -0.374 e. The Kier molecular flexibility index (Phi) is 4.75. The first-order valence-corrected chi connectivity index (χ1v) is 6.87. The molecule has 2 rings (SSSR count). The Hall–Kier alpha value is -0.900. The number of nitrogens with two attached hydrogens (primary N) is 1. The van der Waals surface area contributed by atoms with Crippen molar-refractivity contribution in [1.82, 2.24) is 4.90 Å². The van der Waals surface area contributed by atoms with E-state index >= 15 is 0 Å². The van der Waals surface area contributed by atoms with Gasteiger partial charge in [0.05, 0.1) is 18.8 Å². The Bertz CT molecular complexity index is 379. The molecule has 1 aliphatic rings. The second kappa shape index (κ2) is 6.32. The third-order valence-electron chi connectivity index (χ3n) is 3.67. The van der Waals surface area contributed by atoms with E-state index in [4.69, 9.17) is 10.5 Å². The lowest BCUT2D eigenvalue weighted by Gasteiger charge is -2.36. The van der Waals surface area contributed by atoms with Gasteiger partial charge >= 0.3 is 0 Å². The van der Waals surface area contributed by atoms with Gasteiger partial charge in [-0.2, -0.15) is 0 Å². The van der Waals surface area contributed by atoms with E-state index in [1.807, 2.05) is 0 Å². The molecule has 0 amide bonds. The average molecular weight is 248 g/mol. The molecule has 2 N–H and O–H groups in total. The van der Waals surface area contributed by atoms with Crippen molar-refractivity contribution in [2.45, 2.75) is 32.4 Å². The van der Waals surface area contributed by atoms with Crippen LogP contribution in [0.5, 0.6) is 0 Å². The Morgan fingerprint density at radius 3 is 2.94 bits per heavy atom. The molecule has 0 spiro atoms. The van der Waals surface area contributed by atoms with Crippen LogP contribution in [0.3, 0.4) is 0 Å². The van der Waals surface area contributed by atoms with Crippen LogP contribution in [0.1, 0.15) is 30.5 Å². The molecular formula is C15H24N2O. The van der Waals surface area contributed by atoms with Crippen molar-refractivity contribution in [3.8, 4) is 0 Å². The second-order valence-electron chi connectivity index (χ2n) is 5.09. The molecular weight excluding hydrogens is 224 g/mol. The summed E-state index contributed by atoms with van der Waals surface area (Å²) in [6.07, 6.45) is 1.30. The predicted octanol–water partition coefficient (Wildman–Crippen LogP) is 2.11. The highest BCUT2D eigenvalue weighted by Crippen LogP contribution is 2.22. The summed E-state index contributed by atoms with van der Waals surface area (Å²) >= 11 is 0. The maximum Gasteiger partial charge on any atom is 0.0894 e. The molecule has 1 aromatic carbocycles. The molecule has 1 saturated heterocycles. The van der Waals surface area contributed by atoms with E-state index in [9.17, 15) is 0 Å². The quantitative estimate of drug-likeness (QED) is 0.887. The number of hydrogen-bond acceptors (Lipinski definition) is 3. The fourth-order valence-electron chi connectivity index (χ4n) is 2.63. The zero-order valence-corrected chi connectivity index (χ0v) is 11.4. The monoisotopic (exact) mass is 248 g/mol. The maximum atomic E-state index is 6.38. The lowest BCUT2D eigenvalue weighted by Crippen LogP contribution is -2.47. The highest BCUT2D eigenvalue weighted by Gasteiger charge is 2.27. The molecule has 2 atom stereocenters. The van der Waals surface area contributed by atoms with E-state index < -0.39 is 0 Å². The third kappa shape index (κ3) is 3.10. The zero-order valence-electron chi connectivity index (χ0n) is 11.4. The number of rotatable bonds is 4. The summed E-state index contributed by atoms with van der Waals surface area (Å²) in [6, 6.07) is 8.31. The summed E-state index contributed by atoms with van der Waals surface area (Å²) in [6.45, 7) is 8.24. The molecule has 1 aromatic rings. The number of ether oxygens (including phenoxy) is 1. The molecule has 2 unspecified atom stereocenters. The molecule has 1 heterocycles. The van der Waals surface area contributed by atoms with Gasteiger partial charge in [-0.05, 0) is 31.0 Å². The lowest BCUT2D eigenvalue weighted by molar-refractivity contribution is -0.0408. The van der Waals surface area contributed by atoms with Crippen molar-refractivity contribution in [2.24, 2.45) is 5.73 Å². The molecule has 0 bridgehead atoms. The fraction of sp³-hybridized carbons (Fsp3) is 0.600. The van der Waals surface area contributed by atoms with Crippen molar-refractivity contribution >= 4 is 0 Å². The van der Waals surface area contributed by atoms with Crippen LogP contribution in [0.15, 0.2) is 24.3 Å². The molecule has 0 aliphatic carbocycles. The van der Waals surface area contributed by atoms with Crippen LogP contribution in [-0.2, 0) is 4.74 Å². The second-order valence-corrected chi connectivity index (χ2v) is 5.09. The molecule has 0 radical (unpaired) electrons. The first-order valence-electron chi connectivity index (χ1n) is 6.87. The van der Waals surface area contributed by atoms with Gasteiger partial charge in [0, 0.05) is 13.1 Å². The van der Waals surface area contributed by atoms with Crippen LogP contribution < -0.4 is 5.73 Å². The summed E-state index contributed by atoms with van der Waals surface area (Å²) in [5.41, 5.74) is 8.84. The Morgan fingerprint density at radius 1 is 1.44 bits per heavy atom. The number of aryl methyl sites for hydroxylation is 1.